The first-order valence-corrected chi connectivity index (χ1v) is 7.85. The summed E-state index contributed by atoms with van der Waals surface area (Å²) in [4.78, 5) is 12.2. The molecule has 1 saturated carbocycles. The summed E-state index contributed by atoms with van der Waals surface area (Å²) in [6.45, 7) is 1.11. The first-order chi connectivity index (χ1) is 11.3. The van der Waals surface area contributed by atoms with Crippen molar-refractivity contribution in [2.24, 2.45) is 11.8 Å². The normalized spacial score (nSPS) is 51.3. The van der Waals surface area contributed by atoms with Gasteiger partial charge in [-0.3, -0.25) is 4.79 Å². The molecule has 3 aliphatic rings. The van der Waals surface area contributed by atoms with E-state index in [2.05, 4.69) is 0 Å². The summed E-state index contributed by atoms with van der Waals surface area (Å²) in [7, 11) is 0. The van der Waals surface area contributed by atoms with E-state index in [1.165, 1.54) is 6.08 Å². The molecule has 1 aliphatic carbocycles. The topological polar surface area (TPSA) is 146 Å². The molecule has 24 heavy (non-hydrogen) atoms. The minimum Gasteiger partial charge on any atom is -0.472 e. The van der Waals surface area contributed by atoms with Crippen LogP contribution in [0.3, 0.4) is 0 Å². The zero-order valence-electron chi connectivity index (χ0n) is 13.1. The quantitative estimate of drug-likeness (QED) is 0.378. The molecular formula is C15H22O9. The zero-order valence-corrected chi connectivity index (χ0v) is 13.1. The van der Waals surface area contributed by atoms with E-state index in [-0.39, 0.29) is 11.7 Å². The van der Waals surface area contributed by atoms with Gasteiger partial charge in [0.15, 0.2) is 17.7 Å². The minimum absolute atomic E-state index is 0.321. The molecule has 1 saturated heterocycles. The summed E-state index contributed by atoms with van der Waals surface area (Å²) in [6.07, 6.45) is -5.51. The summed E-state index contributed by atoms with van der Waals surface area (Å²) in [5, 5.41) is 49.3. The van der Waals surface area contributed by atoms with Crippen molar-refractivity contribution in [1.82, 2.24) is 0 Å². The van der Waals surface area contributed by atoms with Gasteiger partial charge in [-0.25, -0.2) is 0 Å². The molecule has 2 fully saturated rings. The van der Waals surface area contributed by atoms with Crippen molar-refractivity contribution in [1.29, 1.82) is 0 Å². The molecule has 2 aliphatic heterocycles. The SMILES string of the molecule is C[C@H]1C[C@H]2[C@H](O[C@@H]3O[C@H](CO)[C@@H](O)[C@H](O)[C@H]3O)OC=C[C@@]2(O)C1=O. The molecule has 0 radical (unpaired) electrons. The highest BCUT2D eigenvalue weighted by atomic mass is 16.8. The van der Waals surface area contributed by atoms with Gasteiger partial charge in [-0.2, -0.15) is 0 Å². The van der Waals surface area contributed by atoms with Gasteiger partial charge in [0.25, 0.3) is 0 Å². The molecule has 0 aromatic heterocycles. The molecule has 0 aromatic rings. The van der Waals surface area contributed by atoms with Crippen LogP contribution in [0.4, 0.5) is 0 Å². The predicted octanol–water partition coefficient (Wildman–Crippen LogP) is -2.37. The Bertz CT molecular complexity index is 521. The largest absolute Gasteiger partial charge is 0.472 e. The minimum atomic E-state index is -1.71. The van der Waals surface area contributed by atoms with Crippen molar-refractivity contribution in [3.05, 3.63) is 12.3 Å². The molecule has 9 atom stereocenters. The van der Waals surface area contributed by atoms with Crippen molar-refractivity contribution in [3.63, 3.8) is 0 Å². The monoisotopic (exact) mass is 346 g/mol. The fourth-order valence-corrected chi connectivity index (χ4v) is 3.52. The predicted molar refractivity (Wildman–Crippen MR) is 76.1 cm³/mol. The van der Waals surface area contributed by atoms with Gasteiger partial charge >= 0.3 is 0 Å². The van der Waals surface area contributed by atoms with Gasteiger partial charge in [-0.05, 0) is 12.5 Å². The van der Waals surface area contributed by atoms with Crippen LogP contribution in [-0.4, -0.2) is 80.5 Å². The van der Waals surface area contributed by atoms with Crippen molar-refractivity contribution < 1.29 is 44.5 Å². The highest BCUT2D eigenvalue weighted by molar-refractivity contribution is 5.93. The lowest BCUT2D eigenvalue weighted by atomic mass is 9.88. The molecule has 2 heterocycles. The fourth-order valence-electron chi connectivity index (χ4n) is 3.52. The molecule has 9 heteroatoms. The van der Waals surface area contributed by atoms with Crippen LogP contribution in [0.15, 0.2) is 12.3 Å². The summed E-state index contributed by atoms with van der Waals surface area (Å²) < 4.78 is 16.1. The van der Waals surface area contributed by atoms with E-state index in [0.717, 1.165) is 6.26 Å². The molecule has 0 bridgehead atoms. The van der Waals surface area contributed by atoms with Crippen LogP contribution in [0.5, 0.6) is 0 Å². The third kappa shape index (κ3) is 2.66. The molecule has 0 spiro atoms. The number of Topliss-reactive ketones (excluding diaryl/α,β-unsaturated/α-hetero) is 1. The van der Waals surface area contributed by atoms with Gasteiger partial charge in [-0.1, -0.05) is 6.92 Å². The Morgan fingerprint density at radius 3 is 2.62 bits per heavy atom. The number of ether oxygens (including phenoxy) is 3. The van der Waals surface area contributed by atoms with Crippen molar-refractivity contribution >= 4 is 5.78 Å². The Balaban J connectivity index is 1.76. The molecule has 0 amide bonds. The second kappa shape index (κ2) is 6.34. The van der Waals surface area contributed by atoms with E-state index in [0.29, 0.717) is 6.42 Å². The van der Waals surface area contributed by atoms with E-state index in [4.69, 9.17) is 14.2 Å². The van der Waals surface area contributed by atoms with Gasteiger partial charge in [0.05, 0.1) is 18.8 Å². The van der Waals surface area contributed by atoms with Crippen molar-refractivity contribution in [3.8, 4) is 0 Å². The van der Waals surface area contributed by atoms with Crippen LogP contribution in [0, 0.1) is 11.8 Å². The van der Waals surface area contributed by atoms with Gasteiger partial charge in [0.1, 0.15) is 24.4 Å². The summed E-state index contributed by atoms with van der Waals surface area (Å²) >= 11 is 0. The van der Waals surface area contributed by atoms with Crippen LogP contribution in [0.1, 0.15) is 13.3 Å². The summed E-state index contributed by atoms with van der Waals surface area (Å²) in [6, 6.07) is 0. The lowest BCUT2D eigenvalue weighted by molar-refractivity contribution is -0.343. The number of hydrogen-bond donors (Lipinski definition) is 5. The van der Waals surface area contributed by atoms with Gasteiger partial charge in [-0.15, -0.1) is 0 Å². The number of rotatable bonds is 3. The summed E-state index contributed by atoms with van der Waals surface area (Å²) in [5.74, 6) is -1.42. The lowest BCUT2D eigenvalue weighted by Crippen LogP contribution is -2.60. The maximum atomic E-state index is 12.2. The summed E-state index contributed by atoms with van der Waals surface area (Å²) in [5.41, 5.74) is -1.71. The maximum Gasteiger partial charge on any atom is 0.208 e. The average Bonchev–Trinajstić information content (AvgIpc) is 2.80. The van der Waals surface area contributed by atoms with E-state index in [1.807, 2.05) is 0 Å². The lowest BCUT2D eigenvalue weighted by Gasteiger charge is -2.42. The Morgan fingerprint density at radius 2 is 1.96 bits per heavy atom. The van der Waals surface area contributed by atoms with E-state index in [1.54, 1.807) is 6.92 Å². The number of ketones is 1. The van der Waals surface area contributed by atoms with Gasteiger partial charge in [0.2, 0.25) is 6.29 Å². The smallest absolute Gasteiger partial charge is 0.208 e. The van der Waals surface area contributed by atoms with Crippen LogP contribution in [0.25, 0.3) is 0 Å². The van der Waals surface area contributed by atoms with Crippen molar-refractivity contribution in [2.75, 3.05) is 6.61 Å². The molecule has 0 aromatic carbocycles. The fraction of sp³-hybridized carbons (Fsp3) is 0.800. The zero-order chi connectivity index (χ0) is 17.6. The standard InChI is InChI=1S/C15H22O9/c1-6-4-7-13(22-3-2-15(7,21)12(6)20)24-14-11(19)10(18)9(17)8(5-16)23-14/h2-3,6-11,13-14,16-19,21H,4-5H2,1H3/t6-,7-,8+,9+,10-,11+,13-,14-,15-/m0/s1. The highest BCUT2D eigenvalue weighted by Crippen LogP contribution is 2.44. The Morgan fingerprint density at radius 1 is 1.25 bits per heavy atom. The molecule has 9 nitrogen and oxygen atoms in total. The third-order valence-electron chi connectivity index (χ3n) is 5.00. The van der Waals surface area contributed by atoms with Crippen LogP contribution in [-0.2, 0) is 19.0 Å². The van der Waals surface area contributed by atoms with E-state index < -0.39 is 55.1 Å². The van der Waals surface area contributed by atoms with Crippen molar-refractivity contribution in [2.45, 2.75) is 55.9 Å². The maximum absolute atomic E-state index is 12.2. The highest BCUT2D eigenvalue weighted by Gasteiger charge is 2.57. The first-order valence-electron chi connectivity index (χ1n) is 7.85. The third-order valence-corrected chi connectivity index (χ3v) is 5.00. The number of carbonyl (C=O) groups excluding carboxylic acids is 1. The molecule has 136 valence electrons. The van der Waals surface area contributed by atoms with Gasteiger partial charge in [0, 0.05) is 5.92 Å². The molecule has 5 N–H and O–H groups in total. The molecule has 3 rings (SSSR count). The molecular weight excluding hydrogens is 324 g/mol. The molecule has 0 unspecified atom stereocenters. The van der Waals surface area contributed by atoms with Crippen LogP contribution < -0.4 is 0 Å². The van der Waals surface area contributed by atoms with Crippen LogP contribution >= 0.6 is 0 Å². The Labute approximate surface area is 138 Å². The van der Waals surface area contributed by atoms with Crippen LogP contribution in [0.2, 0.25) is 0 Å². The number of hydrogen-bond acceptors (Lipinski definition) is 9. The average molecular weight is 346 g/mol. The van der Waals surface area contributed by atoms with Gasteiger partial charge < -0.3 is 39.7 Å². The van der Waals surface area contributed by atoms with E-state index in [9.17, 15) is 30.3 Å². The Hall–Kier alpha value is -1.07. The number of fused-ring (bicyclic) bond motifs is 1. The second-order valence-electron chi connectivity index (χ2n) is 6.57. The number of aliphatic hydroxyl groups is 5. The second-order valence-corrected chi connectivity index (χ2v) is 6.57. The number of aliphatic hydroxyl groups excluding tert-OH is 4. The first kappa shape index (κ1) is 17.7. The number of carbonyl (C=O) groups is 1. The Kier molecular flexibility index (Phi) is 4.69. The van der Waals surface area contributed by atoms with E-state index >= 15 is 0 Å².